The largest absolute Gasteiger partial charge is 0.462 e. The second-order valence-electron chi connectivity index (χ2n) is 3.72. The fraction of sp³-hybridized carbons (Fsp3) is 0.889. The summed E-state index contributed by atoms with van der Waals surface area (Å²) in [7, 11) is 0. The highest BCUT2D eigenvalue weighted by Gasteiger charge is 2.16. The first-order chi connectivity index (χ1) is 5.93. The van der Waals surface area contributed by atoms with Gasteiger partial charge in [-0.25, -0.2) is 0 Å². The Bertz CT molecular complexity index is 157. The number of aliphatic hydroxyl groups excluding tert-OH is 1. The second-order valence-corrected chi connectivity index (χ2v) is 3.72. The van der Waals surface area contributed by atoms with Gasteiger partial charge in [0, 0.05) is 0 Å². The van der Waals surface area contributed by atoms with Crippen LogP contribution in [0.5, 0.6) is 0 Å². The van der Waals surface area contributed by atoms with E-state index in [1.54, 1.807) is 6.92 Å². The quantitative estimate of drug-likeness (QED) is 0.609. The molecule has 0 spiro atoms. The zero-order chi connectivity index (χ0) is 10.4. The maximum atomic E-state index is 11.1. The van der Waals surface area contributed by atoms with Gasteiger partial charge in [0.05, 0.1) is 6.10 Å². The normalized spacial score (nSPS) is 15.5. The predicted molar refractivity (Wildman–Crippen MR) is 50.1 cm³/mol. The summed E-state index contributed by atoms with van der Waals surface area (Å²) < 4.78 is 4.75. The summed E-state index contributed by atoms with van der Waals surface area (Å²) >= 11 is 0. The van der Waals surface area contributed by atoms with Crippen molar-refractivity contribution >= 4 is 5.97 Å². The van der Waals surface area contributed by atoms with Crippen LogP contribution in [0.4, 0.5) is 0 Å². The molecule has 1 unspecified atom stereocenters. The Labute approximate surface area is 79.1 Å². The van der Waals surface area contributed by atoms with Crippen LogP contribution in [-0.2, 0) is 9.53 Å². The summed E-state index contributed by atoms with van der Waals surface area (Å²) in [5.74, 6) is -0.0660. The third-order valence-electron chi connectivity index (χ3n) is 1.49. The van der Waals surface area contributed by atoms with E-state index in [0.29, 0.717) is 12.3 Å². The minimum absolute atomic E-state index is 0.0185. The molecule has 4 nitrogen and oxygen atoms in total. The van der Waals surface area contributed by atoms with E-state index in [0.717, 1.165) is 0 Å². The number of ether oxygens (including phenoxy) is 1. The first kappa shape index (κ1) is 12.4. The fourth-order valence-corrected chi connectivity index (χ4v) is 0.914. The van der Waals surface area contributed by atoms with E-state index in [9.17, 15) is 4.79 Å². The molecule has 13 heavy (non-hydrogen) atoms. The number of hydrogen-bond acceptors (Lipinski definition) is 4. The summed E-state index contributed by atoms with van der Waals surface area (Å²) in [5.41, 5.74) is 5.55. The molecule has 0 aliphatic carbocycles. The van der Waals surface area contributed by atoms with Crippen molar-refractivity contribution in [1.82, 2.24) is 0 Å². The number of aliphatic hydroxyl groups is 1. The summed E-state index contributed by atoms with van der Waals surface area (Å²) in [6, 6.07) is -0.571. The lowest BCUT2D eigenvalue weighted by Crippen LogP contribution is -2.34. The van der Waals surface area contributed by atoms with Crippen LogP contribution in [0.15, 0.2) is 0 Å². The smallest absolute Gasteiger partial charge is 0.323 e. The van der Waals surface area contributed by atoms with Gasteiger partial charge in [-0.2, -0.15) is 0 Å². The molecule has 0 saturated carbocycles. The number of esters is 1. The van der Waals surface area contributed by atoms with E-state index in [-0.39, 0.29) is 6.61 Å². The zero-order valence-electron chi connectivity index (χ0n) is 8.49. The van der Waals surface area contributed by atoms with Crippen LogP contribution in [-0.4, -0.2) is 29.8 Å². The van der Waals surface area contributed by atoms with Gasteiger partial charge < -0.3 is 15.6 Å². The molecule has 2 atom stereocenters. The number of nitrogens with two attached hydrogens (primary N) is 1. The van der Waals surface area contributed by atoms with Gasteiger partial charge in [-0.1, -0.05) is 13.8 Å². The lowest BCUT2D eigenvalue weighted by atomic mass is 10.1. The van der Waals surface area contributed by atoms with Crippen LogP contribution in [0, 0.1) is 5.92 Å². The number of carbonyl (C=O) groups is 1. The summed E-state index contributed by atoms with van der Waals surface area (Å²) in [6.07, 6.45) is -0.0197. The molecule has 0 aromatic heterocycles. The molecule has 0 bridgehead atoms. The van der Waals surface area contributed by atoms with Crippen LogP contribution < -0.4 is 5.73 Å². The third-order valence-corrected chi connectivity index (χ3v) is 1.49. The van der Waals surface area contributed by atoms with E-state index >= 15 is 0 Å². The summed E-state index contributed by atoms with van der Waals surface area (Å²) in [4.78, 5) is 11.1. The molecule has 0 aliphatic heterocycles. The Morgan fingerprint density at radius 3 is 2.38 bits per heavy atom. The first-order valence-corrected chi connectivity index (χ1v) is 4.53. The Kier molecular flexibility index (Phi) is 5.66. The molecule has 0 aliphatic rings. The average Bonchev–Trinajstić information content (AvgIpc) is 1.98. The lowest BCUT2D eigenvalue weighted by molar-refractivity contribution is -0.148. The fourth-order valence-electron chi connectivity index (χ4n) is 0.914. The molecule has 4 heteroatoms. The van der Waals surface area contributed by atoms with E-state index < -0.39 is 18.1 Å². The van der Waals surface area contributed by atoms with E-state index in [1.807, 2.05) is 13.8 Å². The lowest BCUT2D eigenvalue weighted by Gasteiger charge is -2.13. The number of hydrogen-bond donors (Lipinski definition) is 2. The molecule has 0 heterocycles. The summed E-state index contributed by atoms with van der Waals surface area (Å²) in [5, 5.41) is 8.85. The van der Waals surface area contributed by atoms with Crippen molar-refractivity contribution in [3.63, 3.8) is 0 Å². The van der Waals surface area contributed by atoms with Crippen LogP contribution in [0.25, 0.3) is 0 Å². The van der Waals surface area contributed by atoms with Crippen LogP contribution in [0.2, 0.25) is 0 Å². The van der Waals surface area contributed by atoms with E-state index in [2.05, 4.69) is 0 Å². The van der Waals surface area contributed by atoms with Gasteiger partial charge in [0.2, 0.25) is 0 Å². The van der Waals surface area contributed by atoms with Crippen molar-refractivity contribution in [3.05, 3.63) is 0 Å². The molecule has 78 valence electrons. The van der Waals surface area contributed by atoms with Crippen molar-refractivity contribution in [2.45, 2.75) is 39.3 Å². The molecule has 0 aromatic carbocycles. The Morgan fingerprint density at radius 1 is 1.46 bits per heavy atom. The average molecular weight is 189 g/mol. The SMILES string of the molecule is CC(C)C[C@H](N)C(=O)OCC(C)O. The highest BCUT2D eigenvalue weighted by molar-refractivity contribution is 5.75. The molecule has 0 radical (unpaired) electrons. The van der Waals surface area contributed by atoms with Crippen molar-refractivity contribution in [3.8, 4) is 0 Å². The number of carbonyl (C=O) groups excluding carboxylic acids is 1. The van der Waals surface area contributed by atoms with Gasteiger partial charge in [-0.15, -0.1) is 0 Å². The van der Waals surface area contributed by atoms with Gasteiger partial charge in [0.25, 0.3) is 0 Å². The minimum atomic E-state index is -0.629. The second kappa shape index (κ2) is 5.94. The van der Waals surface area contributed by atoms with Crippen molar-refractivity contribution in [2.24, 2.45) is 11.7 Å². The van der Waals surface area contributed by atoms with Gasteiger partial charge in [-0.3, -0.25) is 4.79 Å². The highest BCUT2D eigenvalue weighted by Crippen LogP contribution is 2.04. The van der Waals surface area contributed by atoms with Crippen molar-refractivity contribution in [1.29, 1.82) is 0 Å². The van der Waals surface area contributed by atoms with Crippen molar-refractivity contribution in [2.75, 3.05) is 6.61 Å². The Hall–Kier alpha value is -0.610. The Balaban J connectivity index is 3.69. The Morgan fingerprint density at radius 2 is 2.00 bits per heavy atom. The third kappa shape index (κ3) is 6.54. The maximum Gasteiger partial charge on any atom is 0.323 e. The van der Waals surface area contributed by atoms with Gasteiger partial charge in [-0.05, 0) is 19.3 Å². The molecule has 0 amide bonds. The summed E-state index contributed by atoms with van der Waals surface area (Å²) in [6.45, 7) is 5.55. The van der Waals surface area contributed by atoms with Gasteiger partial charge in [0.1, 0.15) is 12.6 Å². The first-order valence-electron chi connectivity index (χ1n) is 4.53. The number of rotatable bonds is 5. The van der Waals surface area contributed by atoms with Crippen LogP contribution >= 0.6 is 0 Å². The molecule has 0 fully saturated rings. The van der Waals surface area contributed by atoms with Gasteiger partial charge in [0.15, 0.2) is 0 Å². The molecule has 0 aromatic rings. The maximum absolute atomic E-state index is 11.1. The molecular weight excluding hydrogens is 170 g/mol. The minimum Gasteiger partial charge on any atom is -0.462 e. The molecule has 0 rings (SSSR count). The predicted octanol–water partition coefficient (Wildman–Crippen LogP) is 0.284. The molecular formula is C9H19NO3. The monoisotopic (exact) mass is 189 g/mol. The van der Waals surface area contributed by atoms with E-state index in [1.165, 1.54) is 0 Å². The highest BCUT2D eigenvalue weighted by atomic mass is 16.5. The molecule has 3 N–H and O–H groups in total. The topological polar surface area (TPSA) is 72.6 Å². The van der Waals surface area contributed by atoms with Crippen LogP contribution in [0.3, 0.4) is 0 Å². The van der Waals surface area contributed by atoms with Crippen molar-refractivity contribution < 1.29 is 14.6 Å². The van der Waals surface area contributed by atoms with E-state index in [4.69, 9.17) is 15.6 Å². The molecule has 0 saturated heterocycles. The van der Waals surface area contributed by atoms with Crippen LogP contribution in [0.1, 0.15) is 27.2 Å². The standard InChI is InChI=1S/C9H19NO3/c1-6(2)4-8(10)9(12)13-5-7(3)11/h6-8,11H,4-5,10H2,1-3H3/t7?,8-/m0/s1. The van der Waals surface area contributed by atoms with Gasteiger partial charge >= 0.3 is 5.97 Å². The zero-order valence-corrected chi connectivity index (χ0v) is 8.49.